The SMILES string of the molecule is CCC1CNC(c2ccccc2)CN1C1CCC1. The second kappa shape index (κ2) is 5.41. The molecule has 0 amide bonds. The molecule has 1 saturated heterocycles. The maximum absolute atomic E-state index is 3.73. The predicted octanol–water partition coefficient (Wildman–Crippen LogP) is 2.96. The Balaban J connectivity index is 1.72. The maximum Gasteiger partial charge on any atom is 0.0450 e. The summed E-state index contributed by atoms with van der Waals surface area (Å²) in [6, 6.07) is 13.0. The molecule has 1 N–H and O–H groups in total. The summed E-state index contributed by atoms with van der Waals surface area (Å²) < 4.78 is 0. The van der Waals surface area contributed by atoms with Gasteiger partial charge in [-0.05, 0) is 24.8 Å². The molecule has 2 atom stereocenters. The van der Waals surface area contributed by atoms with Gasteiger partial charge in [-0.1, -0.05) is 43.7 Å². The lowest BCUT2D eigenvalue weighted by Gasteiger charge is -2.47. The zero-order valence-electron chi connectivity index (χ0n) is 11.3. The van der Waals surface area contributed by atoms with Gasteiger partial charge in [0, 0.05) is 31.2 Å². The highest BCUT2D eigenvalue weighted by molar-refractivity contribution is 5.20. The van der Waals surface area contributed by atoms with Gasteiger partial charge < -0.3 is 5.32 Å². The van der Waals surface area contributed by atoms with Crippen LogP contribution in [-0.4, -0.2) is 30.1 Å². The average Bonchev–Trinajstić information content (AvgIpc) is 2.38. The first-order valence-corrected chi connectivity index (χ1v) is 7.42. The molecule has 1 heterocycles. The number of hydrogen-bond donors (Lipinski definition) is 1. The third kappa shape index (κ3) is 2.32. The molecule has 98 valence electrons. The van der Waals surface area contributed by atoms with Crippen LogP contribution in [0.1, 0.15) is 44.2 Å². The Morgan fingerprint density at radius 1 is 1.22 bits per heavy atom. The average molecular weight is 244 g/mol. The lowest BCUT2D eigenvalue weighted by Crippen LogP contribution is -2.57. The van der Waals surface area contributed by atoms with Gasteiger partial charge in [0.2, 0.25) is 0 Å². The Morgan fingerprint density at radius 3 is 2.61 bits per heavy atom. The van der Waals surface area contributed by atoms with Crippen molar-refractivity contribution in [2.45, 2.75) is 50.7 Å². The molecule has 2 unspecified atom stereocenters. The van der Waals surface area contributed by atoms with Crippen molar-refractivity contribution < 1.29 is 0 Å². The van der Waals surface area contributed by atoms with Crippen molar-refractivity contribution in [2.75, 3.05) is 13.1 Å². The van der Waals surface area contributed by atoms with Crippen LogP contribution in [0, 0.1) is 0 Å². The Kier molecular flexibility index (Phi) is 3.67. The molecule has 3 rings (SSSR count). The van der Waals surface area contributed by atoms with E-state index < -0.39 is 0 Å². The third-order valence-corrected chi connectivity index (χ3v) is 4.68. The van der Waals surface area contributed by atoms with Crippen molar-refractivity contribution in [1.82, 2.24) is 10.2 Å². The van der Waals surface area contributed by atoms with E-state index in [-0.39, 0.29) is 0 Å². The van der Waals surface area contributed by atoms with Gasteiger partial charge >= 0.3 is 0 Å². The van der Waals surface area contributed by atoms with Gasteiger partial charge in [-0.15, -0.1) is 0 Å². The molecule has 2 heteroatoms. The first-order valence-electron chi connectivity index (χ1n) is 7.42. The summed E-state index contributed by atoms with van der Waals surface area (Å²) >= 11 is 0. The van der Waals surface area contributed by atoms with E-state index in [1.807, 2.05) is 0 Å². The summed E-state index contributed by atoms with van der Waals surface area (Å²) in [6.45, 7) is 4.65. The van der Waals surface area contributed by atoms with E-state index in [0.717, 1.165) is 18.6 Å². The highest BCUT2D eigenvalue weighted by Crippen LogP contribution is 2.31. The fraction of sp³-hybridized carbons (Fsp3) is 0.625. The van der Waals surface area contributed by atoms with Crippen LogP contribution in [0.4, 0.5) is 0 Å². The highest BCUT2D eigenvalue weighted by atomic mass is 15.3. The monoisotopic (exact) mass is 244 g/mol. The molecule has 1 aromatic rings. The number of nitrogens with zero attached hydrogens (tertiary/aromatic N) is 1. The Bertz CT molecular complexity index is 372. The van der Waals surface area contributed by atoms with Crippen LogP contribution in [0.25, 0.3) is 0 Å². The van der Waals surface area contributed by atoms with Crippen LogP contribution < -0.4 is 5.32 Å². The number of benzene rings is 1. The molecule has 0 aromatic heterocycles. The van der Waals surface area contributed by atoms with Gasteiger partial charge in [0.1, 0.15) is 0 Å². The summed E-state index contributed by atoms with van der Waals surface area (Å²) in [6.07, 6.45) is 5.53. The van der Waals surface area contributed by atoms with Crippen molar-refractivity contribution in [2.24, 2.45) is 0 Å². The molecule has 18 heavy (non-hydrogen) atoms. The molecule has 1 aliphatic heterocycles. The zero-order valence-corrected chi connectivity index (χ0v) is 11.3. The first kappa shape index (κ1) is 12.2. The van der Waals surface area contributed by atoms with Gasteiger partial charge in [-0.25, -0.2) is 0 Å². The minimum absolute atomic E-state index is 0.523. The van der Waals surface area contributed by atoms with Gasteiger partial charge in [0.25, 0.3) is 0 Å². The predicted molar refractivity (Wildman–Crippen MR) is 75.6 cm³/mol. The normalized spacial score (nSPS) is 30.1. The van der Waals surface area contributed by atoms with Crippen molar-refractivity contribution in [1.29, 1.82) is 0 Å². The van der Waals surface area contributed by atoms with Crippen molar-refractivity contribution in [3.63, 3.8) is 0 Å². The second-order valence-electron chi connectivity index (χ2n) is 5.72. The number of rotatable bonds is 3. The Labute approximate surface area is 110 Å². The third-order valence-electron chi connectivity index (χ3n) is 4.68. The number of nitrogens with one attached hydrogen (secondary N) is 1. The topological polar surface area (TPSA) is 15.3 Å². The molecular weight excluding hydrogens is 220 g/mol. The van der Waals surface area contributed by atoms with Crippen molar-refractivity contribution >= 4 is 0 Å². The summed E-state index contributed by atoms with van der Waals surface area (Å²) in [7, 11) is 0. The summed E-state index contributed by atoms with van der Waals surface area (Å²) in [5.41, 5.74) is 1.44. The second-order valence-corrected chi connectivity index (χ2v) is 5.72. The lowest BCUT2D eigenvalue weighted by atomic mass is 9.88. The van der Waals surface area contributed by atoms with Crippen LogP contribution in [0.2, 0.25) is 0 Å². The van der Waals surface area contributed by atoms with Gasteiger partial charge in [-0.2, -0.15) is 0 Å². The van der Waals surface area contributed by atoms with E-state index >= 15 is 0 Å². The van der Waals surface area contributed by atoms with Crippen molar-refractivity contribution in [3.05, 3.63) is 35.9 Å². The molecule has 1 saturated carbocycles. The standard InChI is InChI=1S/C16H24N2/c1-2-14-11-17-16(13-7-4-3-5-8-13)12-18(14)15-9-6-10-15/h3-5,7-8,14-17H,2,6,9-12H2,1H3. The molecular formula is C16H24N2. The molecule has 2 aliphatic rings. The van der Waals surface area contributed by atoms with Crippen molar-refractivity contribution in [3.8, 4) is 0 Å². The maximum atomic E-state index is 3.73. The Hall–Kier alpha value is -0.860. The van der Waals surface area contributed by atoms with Gasteiger partial charge in [0.15, 0.2) is 0 Å². The van der Waals surface area contributed by atoms with E-state index in [1.54, 1.807) is 0 Å². The van der Waals surface area contributed by atoms with E-state index in [2.05, 4.69) is 47.5 Å². The minimum atomic E-state index is 0.523. The van der Waals surface area contributed by atoms with Crippen LogP contribution in [0.3, 0.4) is 0 Å². The molecule has 2 fully saturated rings. The summed E-state index contributed by atoms with van der Waals surface area (Å²) in [5.74, 6) is 0. The molecule has 0 radical (unpaired) electrons. The molecule has 0 spiro atoms. The smallest absolute Gasteiger partial charge is 0.0450 e. The van der Waals surface area contributed by atoms with E-state index in [9.17, 15) is 0 Å². The van der Waals surface area contributed by atoms with Crippen LogP contribution in [0.15, 0.2) is 30.3 Å². The van der Waals surface area contributed by atoms with Gasteiger partial charge in [0.05, 0.1) is 0 Å². The largest absolute Gasteiger partial charge is 0.307 e. The van der Waals surface area contributed by atoms with Gasteiger partial charge in [-0.3, -0.25) is 4.90 Å². The number of hydrogen-bond acceptors (Lipinski definition) is 2. The Morgan fingerprint density at radius 2 is 2.00 bits per heavy atom. The molecule has 1 aromatic carbocycles. The van der Waals surface area contributed by atoms with E-state index in [0.29, 0.717) is 6.04 Å². The van der Waals surface area contributed by atoms with E-state index in [4.69, 9.17) is 0 Å². The lowest BCUT2D eigenvalue weighted by molar-refractivity contribution is 0.0402. The highest BCUT2D eigenvalue weighted by Gasteiger charge is 2.34. The quantitative estimate of drug-likeness (QED) is 0.879. The van der Waals surface area contributed by atoms with Crippen LogP contribution in [-0.2, 0) is 0 Å². The number of piperazine rings is 1. The summed E-state index contributed by atoms with van der Waals surface area (Å²) in [4.78, 5) is 2.78. The molecule has 2 nitrogen and oxygen atoms in total. The van der Waals surface area contributed by atoms with Crippen LogP contribution >= 0.6 is 0 Å². The van der Waals surface area contributed by atoms with Crippen LogP contribution in [0.5, 0.6) is 0 Å². The zero-order chi connectivity index (χ0) is 12.4. The first-order chi connectivity index (χ1) is 8.88. The van der Waals surface area contributed by atoms with E-state index in [1.165, 1.54) is 37.8 Å². The molecule has 1 aliphatic carbocycles. The fourth-order valence-electron chi connectivity index (χ4n) is 3.27. The summed E-state index contributed by atoms with van der Waals surface area (Å²) in [5, 5.41) is 3.73. The minimum Gasteiger partial charge on any atom is -0.307 e. The molecule has 0 bridgehead atoms. The fourth-order valence-corrected chi connectivity index (χ4v) is 3.27.